The van der Waals surface area contributed by atoms with Crippen LogP contribution >= 0.6 is 11.3 Å². The SMILES string of the molecule is c1ncc2csc3c2c1CNC3. The molecule has 60 valence electrons. The van der Waals surface area contributed by atoms with Crippen molar-refractivity contribution in [2.24, 2.45) is 0 Å². The molecule has 2 nitrogen and oxygen atoms in total. The molecule has 1 aliphatic heterocycles. The van der Waals surface area contributed by atoms with E-state index in [9.17, 15) is 0 Å². The lowest BCUT2D eigenvalue weighted by Crippen LogP contribution is -2.16. The van der Waals surface area contributed by atoms with Crippen molar-refractivity contribution in [2.75, 3.05) is 0 Å². The van der Waals surface area contributed by atoms with Crippen LogP contribution in [0.2, 0.25) is 0 Å². The third kappa shape index (κ3) is 0.750. The molecule has 2 aromatic heterocycles. The number of nitrogens with zero attached hydrogens (tertiary/aromatic N) is 1. The summed E-state index contributed by atoms with van der Waals surface area (Å²) >= 11 is 1.83. The lowest BCUT2D eigenvalue weighted by atomic mass is 10.1. The Bertz CT molecular complexity index is 433. The van der Waals surface area contributed by atoms with Crippen LogP contribution in [0, 0.1) is 0 Å². The lowest BCUT2D eigenvalue weighted by molar-refractivity contribution is 0.689. The van der Waals surface area contributed by atoms with Crippen molar-refractivity contribution < 1.29 is 0 Å². The van der Waals surface area contributed by atoms with Crippen LogP contribution in [-0.2, 0) is 13.1 Å². The smallest absolute Gasteiger partial charge is 0.0355 e. The first-order valence-corrected chi connectivity index (χ1v) is 4.87. The molecule has 1 aliphatic rings. The molecule has 0 spiro atoms. The maximum atomic E-state index is 4.20. The number of aromatic nitrogens is 1. The van der Waals surface area contributed by atoms with Gasteiger partial charge in [-0.05, 0) is 5.56 Å². The summed E-state index contributed by atoms with van der Waals surface area (Å²) in [5.74, 6) is 0. The number of thiophene rings is 1. The molecule has 0 radical (unpaired) electrons. The zero-order valence-electron chi connectivity index (χ0n) is 6.50. The Hall–Kier alpha value is -0.930. The molecule has 0 atom stereocenters. The minimum atomic E-state index is 0.966. The predicted molar refractivity (Wildman–Crippen MR) is 50.2 cm³/mol. The molecule has 0 saturated heterocycles. The summed E-state index contributed by atoms with van der Waals surface area (Å²) in [4.78, 5) is 5.65. The summed E-state index contributed by atoms with van der Waals surface area (Å²) in [5, 5.41) is 8.28. The highest BCUT2D eigenvalue weighted by Crippen LogP contribution is 2.30. The average Bonchev–Trinajstić information content (AvgIpc) is 2.52. The van der Waals surface area contributed by atoms with E-state index in [0.717, 1.165) is 13.1 Å². The van der Waals surface area contributed by atoms with Gasteiger partial charge in [0.1, 0.15) is 0 Å². The van der Waals surface area contributed by atoms with Gasteiger partial charge in [0.15, 0.2) is 0 Å². The van der Waals surface area contributed by atoms with E-state index in [1.807, 2.05) is 23.7 Å². The van der Waals surface area contributed by atoms with E-state index in [-0.39, 0.29) is 0 Å². The van der Waals surface area contributed by atoms with E-state index in [2.05, 4.69) is 15.7 Å². The van der Waals surface area contributed by atoms with E-state index >= 15 is 0 Å². The van der Waals surface area contributed by atoms with Crippen molar-refractivity contribution in [1.29, 1.82) is 0 Å². The largest absolute Gasteiger partial charge is 0.308 e. The minimum absolute atomic E-state index is 0.966. The van der Waals surface area contributed by atoms with Gasteiger partial charge < -0.3 is 5.32 Å². The van der Waals surface area contributed by atoms with Crippen LogP contribution in [0.1, 0.15) is 10.4 Å². The van der Waals surface area contributed by atoms with Gasteiger partial charge in [-0.1, -0.05) is 0 Å². The molecule has 0 saturated carbocycles. The van der Waals surface area contributed by atoms with Crippen molar-refractivity contribution in [3.05, 3.63) is 28.2 Å². The quantitative estimate of drug-likeness (QED) is 0.663. The Morgan fingerprint density at radius 2 is 2.33 bits per heavy atom. The van der Waals surface area contributed by atoms with Crippen molar-refractivity contribution >= 4 is 22.1 Å². The molecule has 0 amide bonds. The Morgan fingerprint density at radius 3 is 3.33 bits per heavy atom. The van der Waals surface area contributed by atoms with Gasteiger partial charge in [-0.15, -0.1) is 11.3 Å². The first-order valence-electron chi connectivity index (χ1n) is 3.99. The minimum Gasteiger partial charge on any atom is -0.308 e. The predicted octanol–water partition coefficient (Wildman–Crippen LogP) is 1.90. The Labute approximate surface area is 74.2 Å². The Balaban J connectivity index is 2.50. The van der Waals surface area contributed by atoms with Gasteiger partial charge in [0.05, 0.1) is 0 Å². The molecule has 12 heavy (non-hydrogen) atoms. The zero-order valence-corrected chi connectivity index (χ0v) is 7.32. The van der Waals surface area contributed by atoms with Crippen LogP contribution < -0.4 is 5.32 Å². The molecule has 3 heteroatoms. The normalized spacial score (nSPS) is 15.3. The third-order valence-corrected chi connectivity index (χ3v) is 3.27. The van der Waals surface area contributed by atoms with Crippen LogP contribution in [0.5, 0.6) is 0 Å². The summed E-state index contributed by atoms with van der Waals surface area (Å²) in [7, 11) is 0. The second kappa shape index (κ2) is 2.28. The van der Waals surface area contributed by atoms with Crippen LogP contribution in [0.15, 0.2) is 17.8 Å². The van der Waals surface area contributed by atoms with Gasteiger partial charge >= 0.3 is 0 Å². The lowest BCUT2D eigenvalue weighted by Gasteiger charge is -2.12. The molecule has 3 heterocycles. The summed E-state index contributed by atoms with van der Waals surface area (Å²) in [6.07, 6.45) is 3.91. The van der Waals surface area contributed by atoms with Gasteiger partial charge in [0, 0.05) is 46.5 Å². The van der Waals surface area contributed by atoms with Gasteiger partial charge in [-0.25, -0.2) is 0 Å². The van der Waals surface area contributed by atoms with E-state index in [1.165, 1.54) is 21.2 Å². The second-order valence-electron chi connectivity index (χ2n) is 3.03. The second-order valence-corrected chi connectivity index (χ2v) is 3.99. The van der Waals surface area contributed by atoms with E-state index in [4.69, 9.17) is 0 Å². The molecule has 0 unspecified atom stereocenters. The highest BCUT2D eigenvalue weighted by molar-refractivity contribution is 7.11. The standard InChI is InChI=1S/C9H8N2S/c1-6-2-11-4-8-9(6)7(3-10-1)5-12-8/h1,3,5,11H,2,4H2. The maximum absolute atomic E-state index is 4.20. The molecule has 0 fully saturated rings. The Morgan fingerprint density at radius 1 is 1.33 bits per heavy atom. The molecule has 0 aromatic carbocycles. The van der Waals surface area contributed by atoms with Gasteiger partial charge in [0.25, 0.3) is 0 Å². The fourth-order valence-electron chi connectivity index (χ4n) is 1.72. The molecule has 0 aliphatic carbocycles. The van der Waals surface area contributed by atoms with E-state index < -0.39 is 0 Å². The number of nitrogens with one attached hydrogen (secondary N) is 1. The fraction of sp³-hybridized carbons (Fsp3) is 0.222. The van der Waals surface area contributed by atoms with Gasteiger partial charge in [0.2, 0.25) is 0 Å². The van der Waals surface area contributed by atoms with Crippen LogP contribution in [0.3, 0.4) is 0 Å². The highest BCUT2D eigenvalue weighted by Gasteiger charge is 2.12. The number of pyridine rings is 1. The van der Waals surface area contributed by atoms with Crippen molar-refractivity contribution in [3.8, 4) is 0 Å². The monoisotopic (exact) mass is 176 g/mol. The third-order valence-electron chi connectivity index (χ3n) is 2.26. The first kappa shape index (κ1) is 6.57. The van der Waals surface area contributed by atoms with E-state index in [1.54, 1.807) is 0 Å². The molecule has 2 aromatic rings. The fourth-order valence-corrected chi connectivity index (χ4v) is 2.72. The van der Waals surface area contributed by atoms with Gasteiger partial charge in [-0.3, -0.25) is 4.98 Å². The Kier molecular flexibility index (Phi) is 1.25. The summed E-state index contributed by atoms with van der Waals surface area (Å²) in [6.45, 7) is 1.99. The molecular weight excluding hydrogens is 168 g/mol. The molecule has 3 rings (SSSR count). The summed E-state index contributed by atoms with van der Waals surface area (Å²) < 4.78 is 0. The van der Waals surface area contributed by atoms with Crippen LogP contribution in [0.4, 0.5) is 0 Å². The average molecular weight is 176 g/mol. The first-order chi connectivity index (χ1) is 5.95. The molecular formula is C9H8N2S. The van der Waals surface area contributed by atoms with Crippen molar-refractivity contribution in [2.45, 2.75) is 13.1 Å². The van der Waals surface area contributed by atoms with E-state index in [0.29, 0.717) is 0 Å². The zero-order chi connectivity index (χ0) is 7.97. The van der Waals surface area contributed by atoms with Crippen LogP contribution in [-0.4, -0.2) is 4.98 Å². The van der Waals surface area contributed by atoms with Crippen molar-refractivity contribution in [1.82, 2.24) is 10.3 Å². The maximum Gasteiger partial charge on any atom is 0.0355 e. The number of rotatable bonds is 0. The molecule has 0 bridgehead atoms. The van der Waals surface area contributed by atoms with Crippen molar-refractivity contribution in [3.63, 3.8) is 0 Å². The topological polar surface area (TPSA) is 24.9 Å². The number of hydrogen-bond acceptors (Lipinski definition) is 3. The van der Waals surface area contributed by atoms with Crippen LogP contribution in [0.25, 0.3) is 10.8 Å². The highest BCUT2D eigenvalue weighted by atomic mass is 32.1. The summed E-state index contributed by atoms with van der Waals surface area (Å²) in [5.41, 5.74) is 1.34. The number of hydrogen-bond donors (Lipinski definition) is 1. The van der Waals surface area contributed by atoms with Gasteiger partial charge in [-0.2, -0.15) is 0 Å². The summed E-state index contributed by atoms with van der Waals surface area (Å²) in [6, 6.07) is 0. The molecule has 1 N–H and O–H groups in total.